The molecule has 134 valence electrons. The summed E-state index contributed by atoms with van der Waals surface area (Å²) in [6.07, 6.45) is 0. The molecule has 1 heterocycles. The van der Waals surface area contributed by atoms with Crippen LogP contribution in [0, 0.1) is 5.82 Å². The maximum absolute atomic E-state index is 13.8. The zero-order valence-electron chi connectivity index (χ0n) is 13.6. The molecule has 0 saturated heterocycles. The maximum atomic E-state index is 13.8. The number of rotatable bonds is 5. The minimum Gasteiger partial charge on any atom is -0.497 e. The minimum atomic E-state index is -0.414. The Morgan fingerprint density at radius 1 is 1.27 bits per heavy atom. The van der Waals surface area contributed by atoms with E-state index in [1.54, 1.807) is 19.2 Å². The summed E-state index contributed by atoms with van der Waals surface area (Å²) in [4.78, 5) is 4.30. The molecule has 0 spiro atoms. The zero-order valence-corrected chi connectivity index (χ0v) is 16.0. The SMILES string of the molecule is COc1ccc(-c2noc(CNC(=S)Nc3ccc(Br)cc3F)n2)cc1. The van der Waals surface area contributed by atoms with Gasteiger partial charge in [-0.3, -0.25) is 0 Å². The number of halogens is 2. The molecule has 0 unspecified atom stereocenters. The van der Waals surface area contributed by atoms with Crippen LogP contribution in [0.2, 0.25) is 0 Å². The first kappa shape index (κ1) is 18.3. The number of aromatic nitrogens is 2. The summed E-state index contributed by atoms with van der Waals surface area (Å²) < 4.78 is 24.7. The third kappa shape index (κ3) is 4.55. The molecular formula is C17H14BrFN4O2S. The summed E-state index contributed by atoms with van der Waals surface area (Å²) >= 11 is 8.35. The number of benzene rings is 2. The number of ether oxygens (including phenoxy) is 1. The van der Waals surface area contributed by atoms with Crippen molar-refractivity contribution in [1.82, 2.24) is 15.5 Å². The lowest BCUT2D eigenvalue weighted by Crippen LogP contribution is -2.28. The smallest absolute Gasteiger partial charge is 0.246 e. The van der Waals surface area contributed by atoms with Crippen LogP contribution in [-0.4, -0.2) is 22.4 Å². The molecule has 0 aliphatic heterocycles. The van der Waals surface area contributed by atoms with Gasteiger partial charge in [-0.1, -0.05) is 21.1 Å². The number of thiocarbonyl (C=S) groups is 1. The molecule has 0 atom stereocenters. The molecule has 0 radical (unpaired) electrons. The van der Waals surface area contributed by atoms with Crippen molar-refractivity contribution in [3.05, 3.63) is 58.6 Å². The quantitative estimate of drug-likeness (QED) is 0.582. The Morgan fingerprint density at radius 2 is 2.04 bits per heavy atom. The second kappa shape index (κ2) is 8.24. The first-order valence-corrected chi connectivity index (χ1v) is 8.72. The van der Waals surface area contributed by atoms with Gasteiger partial charge in [-0.15, -0.1) is 0 Å². The van der Waals surface area contributed by atoms with Crippen molar-refractivity contribution in [2.75, 3.05) is 12.4 Å². The highest BCUT2D eigenvalue weighted by atomic mass is 79.9. The van der Waals surface area contributed by atoms with Crippen molar-refractivity contribution in [1.29, 1.82) is 0 Å². The van der Waals surface area contributed by atoms with Crippen molar-refractivity contribution >= 4 is 38.9 Å². The van der Waals surface area contributed by atoms with E-state index in [0.29, 0.717) is 16.2 Å². The highest BCUT2D eigenvalue weighted by molar-refractivity contribution is 9.10. The van der Waals surface area contributed by atoms with Gasteiger partial charge >= 0.3 is 0 Å². The molecule has 2 N–H and O–H groups in total. The van der Waals surface area contributed by atoms with Crippen LogP contribution in [0.3, 0.4) is 0 Å². The zero-order chi connectivity index (χ0) is 18.5. The third-order valence-corrected chi connectivity index (χ3v) is 4.14. The van der Waals surface area contributed by atoms with Gasteiger partial charge in [-0.05, 0) is 54.7 Å². The number of nitrogens with zero attached hydrogens (tertiary/aromatic N) is 2. The van der Waals surface area contributed by atoms with Crippen LogP contribution in [0.15, 0.2) is 51.5 Å². The lowest BCUT2D eigenvalue weighted by molar-refractivity contribution is 0.376. The van der Waals surface area contributed by atoms with E-state index in [1.807, 2.05) is 24.3 Å². The van der Waals surface area contributed by atoms with Crippen molar-refractivity contribution in [3.8, 4) is 17.1 Å². The van der Waals surface area contributed by atoms with E-state index in [-0.39, 0.29) is 17.3 Å². The standard InChI is InChI=1S/C17H14BrFN4O2S/c1-24-12-5-2-10(3-6-12)16-22-15(25-23-16)9-20-17(26)21-14-7-4-11(18)8-13(14)19/h2-8H,9H2,1H3,(H2,20,21,26). The van der Waals surface area contributed by atoms with E-state index in [2.05, 4.69) is 36.7 Å². The molecule has 9 heteroatoms. The largest absolute Gasteiger partial charge is 0.497 e. The van der Waals surface area contributed by atoms with Crippen LogP contribution in [-0.2, 0) is 6.54 Å². The molecule has 0 fully saturated rings. The highest BCUT2D eigenvalue weighted by Gasteiger charge is 2.10. The Bertz CT molecular complexity index is 917. The van der Waals surface area contributed by atoms with Gasteiger partial charge in [0.25, 0.3) is 0 Å². The molecule has 0 amide bonds. The summed E-state index contributed by atoms with van der Waals surface area (Å²) in [6, 6.07) is 12.0. The van der Waals surface area contributed by atoms with Crippen molar-refractivity contribution in [2.24, 2.45) is 0 Å². The van der Waals surface area contributed by atoms with E-state index >= 15 is 0 Å². The van der Waals surface area contributed by atoms with Crippen molar-refractivity contribution in [3.63, 3.8) is 0 Å². The Labute approximate surface area is 162 Å². The predicted molar refractivity (Wildman–Crippen MR) is 103 cm³/mol. The normalized spacial score (nSPS) is 10.4. The van der Waals surface area contributed by atoms with Gasteiger partial charge in [0.15, 0.2) is 5.11 Å². The maximum Gasteiger partial charge on any atom is 0.246 e. The highest BCUT2D eigenvalue weighted by Crippen LogP contribution is 2.20. The topological polar surface area (TPSA) is 72.2 Å². The van der Waals surface area contributed by atoms with Gasteiger partial charge in [0.05, 0.1) is 19.3 Å². The first-order chi connectivity index (χ1) is 12.5. The van der Waals surface area contributed by atoms with Gasteiger partial charge < -0.3 is 19.9 Å². The van der Waals surface area contributed by atoms with E-state index in [1.165, 1.54) is 6.07 Å². The molecule has 0 saturated carbocycles. The van der Waals surface area contributed by atoms with Gasteiger partial charge in [-0.2, -0.15) is 4.98 Å². The Hall–Kier alpha value is -2.52. The fourth-order valence-electron chi connectivity index (χ4n) is 2.10. The molecule has 1 aromatic heterocycles. The van der Waals surface area contributed by atoms with E-state index in [4.69, 9.17) is 21.5 Å². The van der Waals surface area contributed by atoms with Crippen LogP contribution in [0.5, 0.6) is 5.75 Å². The average Bonchev–Trinajstić information content (AvgIpc) is 3.11. The van der Waals surface area contributed by atoms with Gasteiger partial charge in [-0.25, -0.2) is 4.39 Å². The minimum absolute atomic E-state index is 0.215. The first-order valence-electron chi connectivity index (χ1n) is 7.52. The molecule has 2 aromatic carbocycles. The lowest BCUT2D eigenvalue weighted by Gasteiger charge is -2.09. The molecule has 3 rings (SSSR count). The Morgan fingerprint density at radius 3 is 2.73 bits per heavy atom. The van der Waals surface area contributed by atoms with Crippen LogP contribution in [0.1, 0.15) is 5.89 Å². The van der Waals surface area contributed by atoms with Gasteiger partial charge in [0, 0.05) is 10.0 Å². The number of anilines is 1. The molecule has 26 heavy (non-hydrogen) atoms. The summed E-state index contributed by atoms with van der Waals surface area (Å²) in [5, 5.41) is 9.86. The molecule has 0 bridgehead atoms. The van der Waals surface area contributed by atoms with E-state index in [0.717, 1.165) is 11.3 Å². The van der Waals surface area contributed by atoms with Crippen LogP contribution in [0.4, 0.5) is 10.1 Å². The van der Waals surface area contributed by atoms with E-state index < -0.39 is 5.82 Å². The van der Waals surface area contributed by atoms with Gasteiger partial charge in [0.1, 0.15) is 11.6 Å². The second-order valence-corrected chi connectivity index (χ2v) is 6.50. The number of hydrogen-bond donors (Lipinski definition) is 2. The summed E-state index contributed by atoms with van der Waals surface area (Å²) in [7, 11) is 1.60. The third-order valence-electron chi connectivity index (χ3n) is 3.40. The molecule has 6 nitrogen and oxygen atoms in total. The lowest BCUT2D eigenvalue weighted by atomic mass is 10.2. The van der Waals surface area contributed by atoms with Crippen molar-refractivity contribution < 1.29 is 13.7 Å². The average molecular weight is 437 g/mol. The number of hydrogen-bond acceptors (Lipinski definition) is 5. The van der Waals surface area contributed by atoms with Crippen molar-refractivity contribution in [2.45, 2.75) is 6.54 Å². The summed E-state index contributed by atoms with van der Waals surface area (Å²) in [5.74, 6) is 1.15. The van der Waals surface area contributed by atoms with Crippen LogP contribution >= 0.6 is 28.1 Å². The molecule has 0 aliphatic rings. The van der Waals surface area contributed by atoms with Gasteiger partial charge in [0.2, 0.25) is 11.7 Å². The molecule has 3 aromatic rings. The monoisotopic (exact) mass is 436 g/mol. The van der Waals surface area contributed by atoms with Crippen LogP contribution < -0.4 is 15.4 Å². The summed E-state index contributed by atoms with van der Waals surface area (Å²) in [5.41, 5.74) is 1.08. The Balaban J connectivity index is 1.58. The molecular weight excluding hydrogens is 423 g/mol. The van der Waals surface area contributed by atoms with E-state index in [9.17, 15) is 4.39 Å². The fraction of sp³-hybridized carbons (Fsp3) is 0.118. The number of nitrogens with one attached hydrogen (secondary N) is 2. The Kier molecular flexibility index (Phi) is 5.79. The predicted octanol–water partition coefficient (Wildman–Crippen LogP) is 4.13. The fourth-order valence-corrected chi connectivity index (χ4v) is 2.61. The second-order valence-electron chi connectivity index (χ2n) is 5.17. The molecule has 0 aliphatic carbocycles. The number of methoxy groups -OCH3 is 1. The van der Waals surface area contributed by atoms with Crippen LogP contribution in [0.25, 0.3) is 11.4 Å². The summed E-state index contributed by atoms with van der Waals surface area (Å²) in [6.45, 7) is 0.215.